The van der Waals surface area contributed by atoms with Gasteiger partial charge < -0.3 is 20.4 Å². The molecule has 1 aromatic rings. The van der Waals surface area contributed by atoms with E-state index in [-0.39, 0.29) is 25.0 Å². The van der Waals surface area contributed by atoms with E-state index < -0.39 is 12.1 Å². The van der Waals surface area contributed by atoms with Crippen molar-refractivity contribution in [2.24, 2.45) is 0 Å². The Hall–Kier alpha value is -1.60. The second kappa shape index (κ2) is 7.86. The number of aliphatic carboxylic acids is 1. The van der Waals surface area contributed by atoms with E-state index in [1.165, 1.54) is 4.88 Å². The third-order valence-electron chi connectivity index (χ3n) is 3.04. The summed E-state index contributed by atoms with van der Waals surface area (Å²) in [7, 11) is 1.70. The highest BCUT2D eigenvalue weighted by Gasteiger charge is 2.17. The molecular formula is C13H20N2O4S. The summed E-state index contributed by atoms with van der Waals surface area (Å²) in [5.41, 5.74) is 0. The molecule has 1 unspecified atom stereocenters. The average molecular weight is 300 g/mol. The van der Waals surface area contributed by atoms with Gasteiger partial charge >= 0.3 is 12.0 Å². The number of carboxylic acids is 1. The van der Waals surface area contributed by atoms with Crippen molar-refractivity contribution in [1.29, 1.82) is 0 Å². The lowest BCUT2D eigenvalue weighted by Crippen LogP contribution is -2.44. The molecule has 0 saturated carbocycles. The summed E-state index contributed by atoms with van der Waals surface area (Å²) in [6.45, 7) is 2.08. The van der Waals surface area contributed by atoms with E-state index >= 15 is 0 Å². The van der Waals surface area contributed by atoms with Gasteiger partial charge in [-0.25, -0.2) is 9.59 Å². The van der Waals surface area contributed by atoms with Crippen molar-refractivity contribution in [3.63, 3.8) is 0 Å². The molecule has 3 N–H and O–H groups in total. The van der Waals surface area contributed by atoms with Crippen molar-refractivity contribution in [3.8, 4) is 0 Å². The number of aliphatic hydroxyl groups excluding tert-OH is 1. The Labute approximate surface area is 122 Å². The van der Waals surface area contributed by atoms with Crippen LogP contribution in [0, 0.1) is 0 Å². The van der Waals surface area contributed by atoms with E-state index in [2.05, 4.69) is 5.32 Å². The highest BCUT2D eigenvalue weighted by atomic mass is 32.1. The standard InChI is InChI=1S/C13H20N2O4S/c1-9(8-10-4-3-7-20-10)15(2)13(19)14-6-5-11(16)12(17)18/h3-4,7,9,11,16H,5-6,8H2,1-2H3,(H,14,19)(H,17,18)/t9?,11-/m0/s1. The predicted molar refractivity (Wildman–Crippen MR) is 76.9 cm³/mol. The maximum atomic E-state index is 11.9. The number of carboxylic acid groups (broad SMARTS) is 1. The van der Waals surface area contributed by atoms with Crippen molar-refractivity contribution in [2.75, 3.05) is 13.6 Å². The van der Waals surface area contributed by atoms with Crippen molar-refractivity contribution >= 4 is 23.3 Å². The second-order valence-corrected chi connectivity index (χ2v) is 5.65. The molecule has 7 heteroatoms. The van der Waals surface area contributed by atoms with Crippen LogP contribution >= 0.6 is 11.3 Å². The number of amides is 2. The maximum Gasteiger partial charge on any atom is 0.332 e. The van der Waals surface area contributed by atoms with Crippen LogP contribution in [0.2, 0.25) is 0 Å². The molecule has 112 valence electrons. The highest BCUT2D eigenvalue weighted by molar-refractivity contribution is 7.09. The Morgan fingerprint density at radius 3 is 2.75 bits per heavy atom. The second-order valence-electron chi connectivity index (χ2n) is 4.62. The zero-order chi connectivity index (χ0) is 15.1. The summed E-state index contributed by atoms with van der Waals surface area (Å²) in [6, 6.07) is 3.76. The van der Waals surface area contributed by atoms with Crippen molar-refractivity contribution < 1.29 is 19.8 Å². The zero-order valence-electron chi connectivity index (χ0n) is 11.6. The number of carbonyl (C=O) groups is 2. The SMILES string of the molecule is CC(Cc1cccs1)N(C)C(=O)NCC[C@H](O)C(=O)O. The Morgan fingerprint density at radius 2 is 2.20 bits per heavy atom. The van der Waals surface area contributed by atoms with Crippen molar-refractivity contribution in [3.05, 3.63) is 22.4 Å². The molecule has 0 bridgehead atoms. The summed E-state index contributed by atoms with van der Waals surface area (Å²) >= 11 is 1.65. The van der Waals surface area contributed by atoms with Gasteiger partial charge in [0.05, 0.1) is 0 Å². The molecule has 0 spiro atoms. The van der Waals surface area contributed by atoms with Crippen LogP contribution in [0.5, 0.6) is 0 Å². The number of hydrogen-bond donors (Lipinski definition) is 3. The quantitative estimate of drug-likeness (QED) is 0.705. The molecule has 1 rings (SSSR count). The molecule has 0 fully saturated rings. The van der Waals surface area contributed by atoms with Gasteiger partial charge in [-0.05, 0) is 18.4 Å². The lowest BCUT2D eigenvalue weighted by molar-refractivity contribution is -0.146. The first-order valence-corrected chi connectivity index (χ1v) is 7.23. The lowest BCUT2D eigenvalue weighted by Gasteiger charge is -2.25. The van der Waals surface area contributed by atoms with Crippen LogP contribution in [0.1, 0.15) is 18.2 Å². The number of hydrogen-bond acceptors (Lipinski definition) is 4. The number of likely N-dealkylation sites (N-methyl/N-ethyl adjacent to an activating group) is 1. The summed E-state index contributed by atoms with van der Waals surface area (Å²) in [4.78, 5) is 25.1. The number of nitrogens with one attached hydrogen (secondary N) is 1. The minimum atomic E-state index is -1.44. The van der Waals surface area contributed by atoms with Crippen LogP contribution in [-0.2, 0) is 11.2 Å². The van der Waals surface area contributed by atoms with Gasteiger partial charge in [-0.2, -0.15) is 0 Å². The molecule has 1 heterocycles. The Bertz CT molecular complexity index is 436. The first-order valence-electron chi connectivity index (χ1n) is 6.35. The van der Waals surface area contributed by atoms with Gasteiger partial charge in [0.2, 0.25) is 0 Å². The summed E-state index contributed by atoms with van der Waals surface area (Å²) in [5.74, 6) is -1.28. The highest BCUT2D eigenvalue weighted by Crippen LogP contribution is 2.13. The molecule has 2 amide bonds. The van der Waals surface area contributed by atoms with E-state index in [4.69, 9.17) is 10.2 Å². The fourth-order valence-electron chi connectivity index (χ4n) is 1.62. The minimum Gasteiger partial charge on any atom is -0.479 e. The maximum absolute atomic E-state index is 11.9. The third-order valence-corrected chi connectivity index (χ3v) is 3.94. The van der Waals surface area contributed by atoms with E-state index in [0.717, 1.165) is 6.42 Å². The first-order chi connectivity index (χ1) is 9.41. The lowest BCUT2D eigenvalue weighted by atomic mass is 10.2. The van der Waals surface area contributed by atoms with Gasteiger partial charge in [0, 0.05) is 37.4 Å². The van der Waals surface area contributed by atoms with Crippen LogP contribution in [0.3, 0.4) is 0 Å². The monoisotopic (exact) mass is 300 g/mol. The predicted octanol–water partition coefficient (Wildman–Crippen LogP) is 1.16. The number of carbonyl (C=O) groups excluding carboxylic acids is 1. The van der Waals surface area contributed by atoms with Crippen molar-refractivity contribution in [2.45, 2.75) is 31.9 Å². The zero-order valence-corrected chi connectivity index (χ0v) is 12.4. The molecule has 0 aliphatic carbocycles. The Kier molecular flexibility index (Phi) is 6.47. The van der Waals surface area contributed by atoms with E-state index in [0.29, 0.717) is 0 Å². The topological polar surface area (TPSA) is 89.9 Å². The smallest absolute Gasteiger partial charge is 0.332 e. The van der Waals surface area contributed by atoms with Gasteiger partial charge in [-0.1, -0.05) is 6.07 Å². The number of nitrogens with zero attached hydrogens (tertiary/aromatic N) is 1. The average Bonchev–Trinajstić information content (AvgIpc) is 2.90. The van der Waals surface area contributed by atoms with Crippen LogP contribution in [-0.4, -0.2) is 52.9 Å². The molecule has 2 atom stereocenters. The molecule has 0 aliphatic rings. The van der Waals surface area contributed by atoms with Gasteiger partial charge in [-0.15, -0.1) is 11.3 Å². The van der Waals surface area contributed by atoms with Gasteiger partial charge in [0.1, 0.15) is 0 Å². The number of thiophene rings is 1. The summed E-state index contributed by atoms with van der Waals surface area (Å²) < 4.78 is 0. The fourth-order valence-corrected chi connectivity index (χ4v) is 2.45. The van der Waals surface area contributed by atoms with Gasteiger partial charge in [0.15, 0.2) is 6.10 Å². The molecule has 6 nitrogen and oxygen atoms in total. The Balaban J connectivity index is 2.33. The number of aliphatic hydroxyl groups is 1. The molecule has 20 heavy (non-hydrogen) atoms. The summed E-state index contributed by atoms with van der Waals surface area (Å²) in [5, 5.41) is 22.2. The van der Waals surface area contributed by atoms with E-state index in [9.17, 15) is 9.59 Å². The first kappa shape index (κ1) is 16.5. The van der Waals surface area contributed by atoms with Crippen LogP contribution in [0.15, 0.2) is 17.5 Å². The minimum absolute atomic E-state index is 0.00574. The number of rotatable bonds is 7. The van der Waals surface area contributed by atoms with Crippen molar-refractivity contribution in [1.82, 2.24) is 10.2 Å². The number of urea groups is 1. The third kappa shape index (κ3) is 5.18. The molecule has 0 aromatic carbocycles. The largest absolute Gasteiger partial charge is 0.479 e. The molecular weight excluding hydrogens is 280 g/mol. The molecule has 0 aliphatic heterocycles. The van der Waals surface area contributed by atoms with Crippen LogP contribution < -0.4 is 5.32 Å². The van der Waals surface area contributed by atoms with E-state index in [1.807, 2.05) is 24.4 Å². The summed E-state index contributed by atoms with van der Waals surface area (Å²) in [6.07, 6.45) is -0.669. The van der Waals surface area contributed by atoms with Gasteiger partial charge in [0.25, 0.3) is 0 Å². The van der Waals surface area contributed by atoms with Crippen LogP contribution in [0.4, 0.5) is 4.79 Å². The van der Waals surface area contributed by atoms with Gasteiger partial charge in [-0.3, -0.25) is 0 Å². The molecule has 0 saturated heterocycles. The van der Waals surface area contributed by atoms with Crippen LogP contribution in [0.25, 0.3) is 0 Å². The normalized spacial score (nSPS) is 13.6. The Morgan fingerprint density at radius 1 is 1.50 bits per heavy atom. The fraction of sp³-hybridized carbons (Fsp3) is 0.538. The molecule has 0 radical (unpaired) electrons. The molecule has 1 aromatic heterocycles. The van der Waals surface area contributed by atoms with E-state index in [1.54, 1.807) is 23.3 Å².